The van der Waals surface area contributed by atoms with Crippen molar-refractivity contribution in [2.45, 2.75) is 5.16 Å². The van der Waals surface area contributed by atoms with Gasteiger partial charge in [-0.15, -0.1) is 0 Å². The molecule has 0 fully saturated rings. The van der Waals surface area contributed by atoms with Crippen molar-refractivity contribution in [1.29, 1.82) is 0 Å². The number of thioether (sulfide) groups is 1. The highest BCUT2D eigenvalue weighted by molar-refractivity contribution is 7.99. The summed E-state index contributed by atoms with van der Waals surface area (Å²) in [6.07, 6.45) is 0. The second-order valence-electron chi connectivity index (χ2n) is 6.35. The Morgan fingerprint density at radius 2 is 1.73 bits per heavy atom. The monoisotopic (exact) mass is 455 g/mol. The van der Waals surface area contributed by atoms with E-state index in [1.807, 2.05) is 36.4 Å². The van der Waals surface area contributed by atoms with Gasteiger partial charge in [-0.2, -0.15) is 0 Å². The van der Waals surface area contributed by atoms with Crippen molar-refractivity contribution in [3.63, 3.8) is 0 Å². The van der Waals surface area contributed by atoms with Gasteiger partial charge in [-0.3, -0.25) is 14.2 Å². The molecule has 4 aromatic rings. The lowest BCUT2D eigenvalue weighted by Gasteiger charge is -2.13. The molecule has 0 bridgehead atoms. The number of amides is 1. The summed E-state index contributed by atoms with van der Waals surface area (Å²) in [6, 6.07) is 21.2. The molecule has 30 heavy (non-hydrogen) atoms. The van der Waals surface area contributed by atoms with Crippen LogP contribution in [0.4, 0.5) is 5.69 Å². The smallest absolute Gasteiger partial charge is 0.266 e. The Bertz CT molecular complexity index is 1290. The first-order valence-electron chi connectivity index (χ1n) is 8.98. The average molecular weight is 456 g/mol. The zero-order valence-corrected chi connectivity index (χ0v) is 17.8. The van der Waals surface area contributed by atoms with E-state index in [0.29, 0.717) is 37.5 Å². The molecule has 0 unspecified atom stereocenters. The van der Waals surface area contributed by atoms with Gasteiger partial charge in [-0.05, 0) is 42.5 Å². The lowest BCUT2D eigenvalue weighted by molar-refractivity contribution is -0.113. The predicted octanol–water partition coefficient (Wildman–Crippen LogP) is 5.42. The fraction of sp³-hybridized carbons (Fsp3) is 0.0455. The number of hydrogen-bond donors (Lipinski definition) is 1. The molecule has 1 amide bonds. The van der Waals surface area contributed by atoms with Crippen LogP contribution in [0.3, 0.4) is 0 Å². The molecule has 5 nitrogen and oxygen atoms in total. The largest absolute Gasteiger partial charge is 0.324 e. The van der Waals surface area contributed by atoms with E-state index in [1.165, 1.54) is 16.3 Å². The van der Waals surface area contributed by atoms with E-state index in [2.05, 4.69) is 10.3 Å². The van der Waals surface area contributed by atoms with Crippen molar-refractivity contribution in [1.82, 2.24) is 9.55 Å². The Balaban J connectivity index is 1.66. The molecule has 0 saturated carbocycles. The zero-order chi connectivity index (χ0) is 21.1. The number of aromatic nitrogens is 2. The van der Waals surface area contributed by atoms with Crippen molar-refractivity contribution < 1.29 is 4.79 Å². The third kappa shape index (κ3) is 4.36. The third-order valence-electron chi connectivity index (χ3n) is 4.29. The van der Waals surface area contributed by atoms with Gasteiger partial charge in [0.05, 0.1) is 33.1 Å². The summed E-state index contributed by atoms with van der Waals surface area (Å²) in [5, 5.41) is 4.54. The van der Waals surface area contributed by atoms with Crippen LogP contribution in [0.15, 0.2) is 82.7 Å². The summed E-state index contributed by atoms with van der Waals surface area (Å²) in [7, 11) is 0. The molecule has 0 spiro atoms. The minimum absolute atomic E-state index is 0.0421. The van der Waals surface area contributed by atoms with Crippen molar-refractivity contribution in [2.75, 3.05) is 11.1 Å². The maximum Gasteiger partial charge on any atom is 0.266 e. The Hall–Kier alpha value is -2.80. The first-order chi connectivity index (χ1) is 14.5. The van der Waals surface area contributed by atoms with Gasteiger partial charge in [0.25, 0.3) is 5.56 Å². The lowest BCUT2D eigenvalue weighted by Crippen LogP contribution is -2.23. The molecule has 3 aromatic carbocycles. The van der Waals surface area contributed by atoms with Crippen LogP contribution >= 0.6 is 35.0 Å². The van der Waals surface area contributed by atoms with Crippen LogP contribution in [0.2, 0.25) is 10.0 Å². The predicted molar refractivity (Wildman–Crippen MR) is 123 cm³/mol. The number of nitrogens with zero attached hydrogens (tertiary/aromatic N) is 2. The number of halogens is 2. The first-order valence-corrected chi connectivity index (χ1v) is 10.7. The molecule has 8 heteroatoms. The van der Waals surface area contributed by atoms with Gasteiger partial charge in [-0.25, -0.2) is 4.98 Å². The molecule has 150 valence electrons. The van der Waals surface area contributed by atoms with Gasteiger partial charge in [0.1, 0.15) is 0 Å². The van der Waals surface area contributed by atoms with Gasteiger partial charge in [0.2, 0.25) is 5.91 Å². The molecule has 1 aromatic heterocycles. The van der Waals surface area contributed by atoms with Gasteiger partial charge in [-0.1, -0.05) is 65.3 Å². The fourth-order valence-corrected chi connectivity index (χ4v) is 4.07. The van der Waals surface area contributed by atoms with Crippen LogP contribution in [-0.4, -0.2) is 21.2 Å². The van der Waals surface area contributed by atoms with E-state index in [-0.39, 0.29) is 17.2 Å². The number of rotatable bonds is 5. The Labute approximate surface area is 186 Å². The highest BCUT2D eigenvalue weighted by atomic mass is 35.5. The van der Waals surface area contributed by atoms with E-state index < -0.39 is 0 Å². The number of hydrogen-bond acceptors (Lipinski definition) is 4. The van der Waals surface area contributed by atoms with E-state index in [4.69, 9.17) is 23.2 Å². The van der Waals surface area contributed by atoms with Crippen LogP contribution in [0.5, 0.6) is 0 Å². The second-order valence-corrected chi connectivity index (χ2v) is 8.13. The van der Waals surface area contributed by atoms with Crippen LogP contribution in [0, 0.1) is 0 Å². The molecular weight excluding hydrogens is 441 g/mol. The standard InChI is InChI=1S/C22H15Cl2N3O2S/c23-14-10-11-17(24)19(12-14)25-20(28)13-30-22-26-18-9-5-4-8-16(18)21(29)27(22)15-6-2-1-3-7-15/h1-12H,13H2,(H,25,28). The molecule has 1 heterocycles. The molecule has 0 aliphatic carbocycles. The topological polar surface area (TPSA) is 64.0 Å². The summed E-state index contributed by atoms with van der Waals surface area (Å²) in [5.41, 5.74) is 1.51. The second kappa shape index (κ2) is 8.92. The maximum absolute atomic E-state index is 13.1. The van der Waals surface area contributed by atoms with E-state index in [0.717, 1.165) is 0 Å². The van der Waals surface area contributed by atoms with Crippen LogP contribution < -0.4 is 10.9 Å². The highest BCUT2D eigenvalue weighted by Crippen LogP contribution is 2.26. The first kappa shape index (κ1) is 20.5. The normalized spacial score (nSPS) is 10.9. The third-order valence-corrected chi connectivity index (χ3v) is 5.80. The van der Waals surface area contributed by atoms with Gasteiger partial charge in [0, 0.05) is 5.02 Å². The van der Waals surface area contributed by atoms with Crippen LogP contribution in [0.25, 0.3) is 16.6 Å². The molecule has 0 saturated heterocycles. The summed E-state index contributed by atoms with van der Waals surface area (Å²) < 4.78 is 1.52. The number of carbonyl (C=O) groups is 1. The zero-order valence-electron chi connectivity index (χ0n) is 15.5. The van der Waals surface area contributed by atoms with Gasteiger partial charge < -0.3 is 5.32 Å². The number of benzene rings is 3. The number of para-hydroxylation sites is 2. The Morgan fingerprint density at radius 1 is 1.00 bits per heavy atom. The average Bonchev–Trinajstić information content (AvgIpc) is 2.75. The molecule has 4 rings (SSSR count). The fourth-order valence-electron chi connectivity index (χ4n) is 2.92. The van der Waals surface area contributed by atoms with Crippen molar-refractivity contribution >= 4 is 57.5 Å². The van der Waals surface area contributed by atoms with Crippen LogP contribution in [-0.2, 0) is 4.79 Å². The summed E-state index contributed by atoms with van der Waals surface area (Å²) in [6.45, 7) is 0. The summed E-state index contributed by atoms with van der Waals surface area (Å²) >= 11 is 13.3. The molecule has 0 aliphatic heterocycles. The van der Waals surface area contributed by atoms with Crippen molar-refractivity contribution in [2.24, 2.45) is 0 Å². The Kier molecular flexibility index (Phi) is 6.08. The minimum Gasteiger partial charge on any atom is -0.324 e. The molecule has 0 atom stereocenters. The quantitative estimate of drug-likeness (QED) is 0.322. The number of carbonyl (C=O) groups excluding carboxylic acids is 1. The molecule has 0 aliphatic rings. The maximum atomic E-state index is 13.1. The summed E-state index contributed by atoms with van der Waals surface area (Å²) in [5.74, 6) is -0.244. The highest BCUT2D eigenvalue weighted by Gasteiger charge is 2.15. The number of anilines is 1. The van der Waals surface area contributed by atoms with Crippen molar-refractivity contribution in [3.05, 3.63) is 93.2 Å². The minimum atomic E-state index is -0.286. The lowest BCUT2D eigenvalue weighted by atomic mass is 10.2. The van der Waals surface area contributed by atoms with E-state index >= 15 is 0 Å². The molecule has 1 N–H and O–H groups in total. The summed E-state index contributed by atoms with van der Waals surface area (Å²) in [4.78, 5) is 30.3. The van der Waals surface area contributed by atoms with E-state index in [9.17, 15) is 9.59 Å². The number of fused-ring (bicyclic) bond motifs is 1. The van der Waals surface area contributed by atoms with E-state index in [1.54, 1.807) is 36.4 Å². The molecule has 0 radical (unpaired) electrons. The molecular formula is C22H15Cl2N3O2S. The SMILES string of the molecule is O=C(CSc1nc2ccccc2c(=O)n1-c1ccccc1)Nc1cc(Cl)ccc1Cl. The Morgan fingerprint density at radius 3 is 2.53 bits per heavy atom. The van der Waals surface area contributed by atoms with Crippen LogP contribution in [0.1, 0.15) is 0 Å². The number of nitrogens with one attached hydrogen (secondary N) is 1. The van der Waals surface area contributed by atoms with Gasteiger partial charge in [0.15, 0.2) is 5.16 Å². The van der Waals surface area contributed by atoms with Crippen molar-refractivity contribution in [3.8, 4) is 5.69 Å². The van der Waals surface area contributed by atoms with Gasteiger partial charge >= 0.3 is 0 Å².